The Morgan fingerprint density at radius 3 is 2.31 bits per heavy atom. The predicted molar refractivity (Wildman–Crippen MR) is 66.3 cm³/mol. The van der Waals surface area contributed by atoms with Gasteiger partial charge in [-0.25, -0.2) is 4.98 Å². The molecular weight excluding hydrogens is 198 g/mol. The summed E-state index contributed by atoms with van der Waals surface area (Å²) in [7, 11) is 1.94. The van der Waals surface area contributed by atoms with Gasteiger partial charge in [0, 0.05) is 19.2 Å². The standard InChI is InChI=1S/C13H17N3/c1-9-4-6-11(7-5-9)8-12-10(2)16(3)13(14)15-12/h4-7H,8H2,1-3H3,(H2,14,15). The minimum Gasteiger partial charge on any atom is -0.369 e. The van der Waals surface area contributed by atoms with Crippen molar-refractivity contribution in [3.05, 3.63) is 46.8 Å². The van der Waals surface area contributed by atoms with E-state index >= 15 is 0 Å². The van der Waals surface area contributed by atoms with Crippen LogP contribution in [0.25, 0.3) is 0 Å². The maximum Gasteiger partial charge on any atom is 0.200 e. The second-order valence-electron chi connectivity index (χ2n) is 4.22. The lowest BCUT2D eigenvalue weighted by Crippen LogP contribution is -1.98. The molecule has 0 saturated carbocycles. The molecule has 0 fully saturated rings. The van der Waals surface area contributed by atoms with Crippen molar-refractivity contribution in [2.45, 2.75) is 20.3 Å². The third-order valence-electron chi connectivity index (χ3n) is 3.01. The van der Waals surface area contributed by atoms with E-state index in [-0.39, 0.29) is 0 Å². The van der Waals surface area contributed by atoms with Gasteiger partial charge in [-0.2, -0.15) is 0 Å². The molecule has 3 heteroatoms. The van der Waals surface area contributed by atoms with Gasteiger partial charge in [0.1, 0.15) is 0 Å². The SMILES string of the molecule is Cc1ccc(Cc2nc(N)n(C)c2C)cc1. The van der Waals surface area contributed by atoms with E-state index in [0.717, 1.165) is 17.8 Å². The smallest absolute Gasteiger partial charge is 0.200 e. The van der Waals surface area contributed by atoms with Crippen LogP contribution in [0.3, 0.4) is 0 Å². The lowest BCUT2D eigenvalue weighted by molar-refractivity contribution is 0.882. The molecule has 0 bridgehead atoms. The van der Waals surface area contributed by atoms with Crippen LogP contribution in [0.4, 0.5) is 5.95 Å². The fourth-order valence-electron chi connectivity index (χ4n) is 1.73. The third kappa shape index (κ3) is 1.94. The van der Waals surface area contributed by atoms with Crippen molar-refractivity contribution in [2.24, 2.45) is 7.05 Å². The average molecular weight is 215 g/mol. The van der Waals surface area contributed by atoms with Crippen LogP contribution in [0.15, 0.2) is 24.3 Å². The summed E-state index contributed by atoms with van der Waals surface area (Å²) in [6.07, 6.45) is 0.844. The van der Waals surface area contributed by atoms with E-state index in [1.807, 2.05) is 18.5 Å². The molecule has 0 amide bonds. The molecule has 84 valence electrons. The number of benzene rings is 1. The number of anilines is 1. The number of nitrogen functional groups attached to an aromatic ring is 1. The van der Waals surface area contributed by atoms with E-state index in [0.29, 0.717) is 5.95 Å². The molecule has 1 heterocycles. The first-order chi connectivity index (χ1) is 7.58. The Morgan fingerprint density at radius 2 is 1.81 bits per heavy atom. The maximum atomic E-state index is 5.77. The van der Waals surface area contributed by atoms with Crippen LogP contribution in [0.2, 0.25) is 0 Å². The van der Waals surface area contributed by atoms with Crippen LogP contribution in [-0.2, 0) is 13.5 Å². The number of imidazole rings is 1. The minimum atomic E-state index is 0.583. The van der Waals surface area contributed by atoms with Gasteiger partial charge in [-0.3, -0.25) is 0 Å². The lowest BCUT2D eigenvalue weighted by atomic mass is 10.1. The van der Waals surface area contributed by atoms with Gasteiger partial charge in [0.2, 0.25) is 0 Å². The molecular formula is C13H17N3. The topological polar surface area (TPSA) is 43.8 Å². The van der Waals surface area contributed by atoms with E-state index in [4.69, 9.17) is 5.73 Å². The Bertz CT molecular complexity index is 495. The molecule has 2 aromatic rings. The van der Waals surface area contributed by atoms with Gasteiger partial charge in [-0.1, -0.05) is 29.8 Å². The predicted octanol–water partition coefficient (Wildman–Crippen LogP) is 2.21. The van der Waals surface area contributed by atoms with Crippen molar-refractivity contribution in [1.29, 1.82) is 0 Å². The first-order valence-corrected chi connectivity index (χ1v) is 5.41. The van der Waals surface area contributed by atoms with Crippen LogP contribution in [0, 0.1) is 13.8 Å². The highest BCUT2D eigenvalue weighted by molar-refractivity contribution is 5.32. The Hall–Kier alpha value is -1.77. The van der Waals surface area contributed by atoms with Gasteiger partial charge in [-0.15, -0.1) is 0 Å². The molecule has 0 saturated heterocycles. The summed E-state index contributed by atoms with van der Waals surface area (Å²) in [5.41, 5.74) is 10.5. The molecule has 0 atom stereocenters. The summed E-state index contributed by atoms with van der Waals surface area (Å²) >= 11 is 0. The molecule has 0 aliphatic heterocycles. The Morgan fingerprint density at radius 1 is 1.19 bits per heavy atom. The van der Waals surface area contributed by atoms with Gasteiger partial charge in [0.25, 0.3) is 0 Å². The number of aromatic nitrogens is 2. The second kappa shape index (κ2) is 4.00. The third-order valence-corrected chi connectivity index (χ3v) is 3.01. The summed E-state index contributed by atoms with van der Waals surface area (Å²) in [6.45, 7) is 4.14. The molecule has 2 rings (SSSR count). The molecule has 0 unspecified atom stereocenters. The lowest BCUT2D eigenvalue weighted by Gasteiger charge is -2.01. The Kier molecular flexibility index (Phi) is 2.69. The number of nitrogens with zero attached hydrogens (tertiary/aromatic N) is 2. The molecule has 0 radical (unpaired) electrons. The number of hydrogen-bond acceptors (Lipinski definition) is 2. The van der Waals surface area contributed by atoms with Crippen molar-refractivity contribution < 1.29 is 0 Å². The molecule has 2 N–H and O–H groups in total. The largest absolute Gasteiger partial charge is 0.369 e. The Labute approximate surface area is 95.9 Å². The van der Waals surface area contributed by atoms with Crippen LogP contribution in [0.1, 0.15) is 22.5 Å². The zero-order valence-corrected chi connectivity index (χ0v) is 9.99. The van der Waals surface area contributed by atoms with Gasteiger partial charge in [0.05, 0.1) is 5.69 Å². The molecule has 0 aliphatic carbocycles. The van der Waals surface area contributed by atoms with E-state index in [9.17, 15) is 0 Å². The van der Waals surface area contributed by atoms with Crippen LogP contribution < -0.4 is 5.73 Å². The average Bonchev–Trinajstić information content (AvgIpc) is 2.50. The highest BCUT2D eigenvalue weighted by Crippen LogP contribution is 2.15. The van der Waals surface area contributed by atoms with E-state index < -0.39 is 0 Å². The molecule has 1 aromatic heterocycles. The van der Waals surface area contributed by atoms with Gasteiger partial charge < -0.3 is 10.3 Å². The summed E-state index contributed by atoms with van der Waals surface area (Å²) in [5.74, 6) is 0.583. The maximum absolute atomic E-state index is 5.77. The Balaban J connectivity index is 2.27. The van der Waals surface area contributed by atoms with Crippen LogP contribution >= 0.6 is 0 Å². The second-order valence-corrected chi connectivity index (χ2v) is 4.22. The molecule has 0 aliphatic rings. The van der Waals surface area contributed by atoms with Crippen molar-refractivity contribution in [3.8, 4) is 0 Å². The number of hydrogen-bond donors (Lipinski definition) is 1. The molecule has 0 spiro atoms. The van der Waals surface area contributed by atoms with Crippen molar-refractivity contribution >= 4 is 5.95 Å². The van der Waals surface area contributed by atoms with Crippen molar-refractivity contribution in [3.63, 3.8) is 0 Å². The van der Waals surface area contributed by atoms with E-state index in [2.05, 4.69) is 36.2 Å². The van der Waals surface area contributed by atoms with Crippen LogP contribution in [0.5, 0.6) is 0 Å². The van der Waals surface area contributed by atoms with Gasteiger partial charge >= 0.3 is 0 Å². The highest BCUT2D eigenvalue weighted by Gasteiger charge is 2.08. The molecule has 16 heavy (non-hydrogen) atoms. The zero-order chi connectivity index (χ0) is 11.7. The number of rotatable bonds is 2. The van der Waals surface area contributed by atoms with Crippen molar-refractivity contribution in [1.82, 2.24) is 9.55 Å². The fourth-order valence-corrected chi connectivity index (χ4v) is 1.73. The molecule has 3 nitrogen and oxygen atoms in total. The number of aryl methyl sites for hydroxylation is 1. The minimum absolute atomic E-state index is 0.583. The van der Waals surface area contributed by atoms with Gasteiger partial charge in [-0.05, 0) is 19.4 Å². The van der Waals surface area contributed by atoms with Gasteiger partial charge in [0.15, 0.2) is 5.95 Å². The van der Waals surface area contributed by atoms with Crippen LogP contribution in [-0.4, -0.2) is 9.55 Å². The zero-order valence-electron chi connectivity index (χ0n) is 9.99. The summed E-state index contributed by atoms with van der Waals surface area (Å²) < 4.78 is 1.92. The first kappa shape index (κ1) is 10.7. The fraction of sp³-hybridized carbons (Fsp3) is 0.308. The summed E-state index contributed by atoms with van der Waals surface area (Å²) in [5, 5.41) is 0. The summed E-state index contributed by atoms with van der Waals surface area (Å²) in [4.78, 5) is 4.37. The summed E-state index contributed by atoms with van der Waals surface area (Å²) in [6, 6.07) is 8.52. The quantitative estimate of drug-likeness (QED) is 0.834. The van der Waals surface area contributed by atoms with Crippen molar-refractivity contribution in [2.75, 3.05) is 5.73 Å². The number of nitrogens with two attached hydrogens (primary N) is 1. The molecule has 1 aromatic carbocycles. The highest BCUT2D eigenvalue weighted by atomic mass is 15.1. The van der Waals surface area contributed by atoms with E-state index in [1.54, 1.807) is 0 Å². The monoisotopic (exact) mass is 215 g/mol. The normalized spacial score (nSPS) is 10.7. The van der Waals surface area contributed by atoms with E-state index in [1.165, 1.54) is 11.1 Å². The first-order valence-electron chi connectivity index (χ1n) is 5.41.